The van der Waals surface area contributed by atoms with E-state index in [0.29, 0.717) is 12.8 Å². The number of nitrogens with one attached hydrogen (secondary N) is 1. The van der Waals surface area contributed by atoms with E-state index in [9.17, 15) is 13.8 Å². The van der Waals surface area contributed by atoms with Gasteiger partial charge >= 0.3 is 11.9 Å². The Balaban J connectivity index is 2.47. The van der Waals surface area contributed by atoms with Gasteiger partial charge in [0.1, 0.15) is 6.04 Å². The van der Waals surface area contributed by atoms with Crippen LogP contribution in [0.2, 0.25) is 0 Å². The zero-order valence-corrected chi connectivity index (χ0v) is 11.4. The lowest BCUT2D eigenvalue weighted by atomic mass is 9.67. The molecule has 0 amide bonds. The van der Waals surface area contributed by atoms with Crippen LogP contribution in [0.5, 0.6) is 0 Å². The molecule has 0 aromatic heterocycles. The summed E-state index contributed by atoms with van der Waals surface area (Å²) in [5.41, 5.74) is 4.47. The van der Waals surface area contributed by atoms with E-state index in [0.717, 1.165) is 6.42 Å². The maximum absolute atomic E-state index is 11.9. The first-order valence-electron chi connectivity index (χ1n) is 6.14. The topological polar surface area (TPSA) is 142 Å². The standard InChI is InChI=1S/C11H20N2O5S/c12-8(9(14)15)2-6-19(13,18)7-5-11(10(16)17)3-1-4-11/h8,13H,1-7,12H2,(H,14,15)(H,16,17)/t8-,19?/m0/s1. The molecule has 2 atom stereocenters. The minimum absolute atomic E-state index is 0.00829. The zero-order chi connectivity index (χ0) is 14.7. The van der Waals surface area contributed by atoms with E-state index in [1.165, 1.54) is 0 Å². The Morgan fingerprint density at radius 3 is 2.26 bits per heavy atom. The molecule has 5 N–H and O–H groups in total. The molecule has 1 saturated carbocycles. The lowest BCUT2D eigenvalue weighted by Gasteiger charge is -2.37. The minimum Gasteiger partial charge on any atom is -0.481 e. The molecule has 0 aromatic carbocycles. The monoisotopic (exact) mass is 292 g/mol. The van der Waals surface area contributed by atoms with E-state index in [4.69, 9.17) is 20.7 Å². The second-order valence-electron chi connectivity index (χ2n) is 5.14. The zero-order valence-electron chi connectivity index (χ0n) is 10.6. The van der Waals surface area contributed by atoms with Crippen molar-refractivity contribution in [1.29, 1.82) is 4.78 Å². The molecule has 1 aliphatic rings. The van der Waals surface area contributed by atoms with Crippen molar-refractivity contribution in [3.8, 4) is 0 Å². The third-order valence-electron chi connectivity index (χ3n) is 3.75. The molecule has 110 valence electrons. The number of hydrogen-bond acceptors (Lipinski definition) is 5. The third-order valence-corrected chi connectivity index (χ3v) is 5.51. The van der Waals surface area contributed by atoms with Crippen molar-refractivity contribution < 1.29 is 24.0 Å². The van der Waals surface area contributed by atoms with Crippen LogP contribution in [0.15, 0.2) is 0 Å². The van der Waals surface area contributed by atoms with Gasteiger partial charge in [-0.15, -0.1) is 0 Å². The Labute approximate surface area is 112 Å². The summed E-state index contributed by atoms with van der Waals surface area (Å²) < 4.78 is 19.6. The summed E-state index contributed by atoms with van der Waals surface area (Å²) in [6.07, 6.45) is 2.15. The van der Waals surface area contributed by atoms with Crippen LogP contribution in [-0.4, -0.2) is 43.9 Å². The summed E-state index contributed by atoms with van der Waals surface area (Å²) in [5.74, 6) is -2.19. The number of rotatable bonds is 8. The van der Waals surface area contributed by atoms with E-state index in [1.807, 2.05) is 0 Å². The Bertz CT molecular complexity index is 456. The molecule has 0 aliphatic heterocycles. The number of hydrogen-bond donors (Lipinski definition) is 4. The van der Waals surface area contributed by atoms with E-state index in [1.54, 1.807) is 0 Å². The highest BCUT2D eigenvalue weighted by Gasteiger charge is 2.44. The minimum atomic E-state index is -2.96. The number of carboxylic acid groups (broad SMARTS) is 2. The van der Waals surface area contributed by atoms with Crippen LogP contribution in [0.1, 0.15) is 32.1 Å². The Morgan fingerprint density at radius 2 is 1.89 bits per heavy atom. The summed E-state index contributed by atoms with van der Waals surface area (Å²) in [5, 5.41) is 17.7. The molecule has 1 aliphatic carbocycles. The maximum Gasteiger partial charge on any atom is 0.320 e. The summed E-state index contributed by atoms with van der Waals surface area (Å²) in [7, 11) is -2.96. The first kappa shape index (κ1) is 15.9. The first-order valence-corrected chi connectivity index (χ1v) is 8.04. The van der Waals surface area contributed by atoms with Crippen molar-refractivity contribution >= 4 is 21.7 Å². The molecule has 0 spiro atoms. The fourth-order valence-electron chi connectivity index (χ4n) is 2.08. The predicted octanol–water partition coefficient (Wildman–Crippen LogP) is 0.480. The second kappa shape index (κ2) is 5.87. The molecular formula is C11H20N2O5S. The van der Waals surface area contributed by atoms with Crippen LogP contribution < -0.4 is 5.73 Å². The molecule has 0 bridgehead atoms. The van der Waals surface area contributed by atoms with Crippen LogP contribution in [0.4, 0.5) is 0 Å². The van der Waals surface area contributed by atoms with Gasteiger partial charge in [0, 0.05) is 21.2 Å². The fraction of sp³-hybridized carbons (Fsp3) is 0.818. The normalized spacial score (nSPS) is 21.9. The number of nitrogens with two attached hydrogens (primary N) is 1. The molecule has 19 heavy (non-hydrogen) atoms. The van der Waals surface area contributed by atoms with E-state index >= 15 is 0 Å². The molecule has 0 radical (unpaired) electrons. The molecule has 8 heteroatoms. The average molecular weight is 292 g/mol. The van der Waals surface area contributed by atoms with Crippen LogP contribution in [0.25, 0.3) is 0 Å². The number of carboxylic acids is 2. The van der Waals surface area contributed by atoms with E-state index in [-0.39, 0.29) is 24.3 Å². The van der Waals surface area contributed by atoms with Crippen molar-refractivity contribution in [3.63, 3.8) is 0 Å². The molecule has 1 fully saturated rings. The third kappa shape index (κ3) is 4.17. The van der Waals surface area contributed by atoms with Gasteiger partial charge in [0.25, 0.3) is 0 Å². The van der Waals surface area contributed by atoms with Crippen molar-refractivity contribution in [2.75, 3.05) is 11.5 Å². The smallest absolute Gasteiger partial charge is 0.320 e. The molecule has 0 saturated heterocycles. The van der Waals surface area contributed by atoms with Crippen molar-refractivity contribution in [2.24, 2.45) is 11.1 Å². The lowest BCUT2D eigenvalue weighted by Crippen LogP contribution is -2.39. The van der Waals surface area contributed by atoms with Crippen molar-refractivity contribution in [2.45, 2.75) is 38.1 Å². The maximum atomic E-state index is 11.9. The van der Waals surface area contributed by atoms with Crippen LogP contribution >= 0.6 is 0 Å². The van der Waals surface area contributed by atoms with Gasteiger partial charge in [0.05, 0.1) is 5.41 Å². The quantitative estimate of drug-likeness (QED) is 0.512. The van der Waals surface area contributed by atoms with E-state index in [2.05, 4.69) is 0 Å². The molecule has 1 rings (SSSR count). The average Bonchev–Trinajstić information content (AvgIpc) is 2.23. The molecular weight excluding hydrogens is 272 g/mol. The SMILES string of the molecule is N=S(=O)(CC[C@H](N)C(=O)O)CCC1(C(=O)O)CCC1. The van der Waals surface area contributed by atoms with Gasteiger partial charge < -0.3 is 15.9 Å². The highest BCUT2D eigenvalue weighted by molar-refractivity contribution is 7.92. The summed E-state index contributed by atoms with van der Waals surface area (Å²) in [6, 6.07) is -1.12. The van der Waals surface area contributed by atoms with Crippen LogP contribution in [0, 0.1) is 10.2 Å². The van der Waals surface area contributed by atoms with Gasteiger partial charge in [-0.2, -0.15) is 0 Å². The van der Waals surface area contributed by atoms with Crippen molar-refractivity contribution in [1.82, 2.24) is 0 Å². The highest BCUT2D eigenvalue weighted by Crippen LogP contribution is 2.44. The van der Waals surface area contributed by atoms with Crippen LogP contribution in [-0.2, 0) is 19.3 Å². The molecule has 0 heterocycles. The van der Waals surface area contributed by atoms with Gasteiger partial charge in [-0.05, 0) is 25.7 Å². The van der Waals surface area contributed by atoms with Crippen LogP contribution in [0.3, 0.4) is 0 Å². The lowest BCUT2D eigenvalue weighted by molar-refractivity contribution is -0.154. The Kier molecular flexibility index (Phi) is 4.92. The van der Waals surface area contributed by atoms with Gasteiger partial charge in [0.15, 0.2) is 0 Å². The number of aliphatic carboxylic acids is 2. The highest BCUT2D eigenvalue weighted by atomic mass is 32.2. The number of carbonyl (C=O) groups is 2. The van der Waals surface area contributed by atoms with Crippen molar-refractivity contribution in [3.05, 3.63) is 0 Å². The second-order valence-corrected chi connectivity index (χ2v) is 7.58. The summed E-state index contributed by atoms with van der Waals surface area (Å²) in [6.45, 7) is 0. The molecule has 1 unspecified atom stereocenters. The van der Waals surface area contributed by atoms with E-state index < -0.39 is 33.1 Å². The Morgan fingerprint density at radius 1 is 1.32 bits per heavy atom. The summed E-state index contributed by atoms with van der Waals surface area (Å²) in [4.78, 5) is 21.6. The first-order chi connectivity index (χ1) is 8.68. The van der Waals surface area contributed by atoms with Gasteiger partial charge in [0.2, 0.25) is 0 Å². The van der Waals surface area contributed by atoms with Gasteiger partial charge in [-0.3, -0.25) is 14.4 Å². The predicted molar refractivity (Wildman–Crippen MR) is 69.4 cm³/mol. The largest absolute Gasteiger partial charge is 0.481 e. The fourth-order valence-corrected chi connectivity index (χ4v) is 3.64. The molecule has 7 nitrogen and oxygen atoms in total. The Hall–Kier alpha value is -1.15. The summed E-state index contributed by atoms with van der Waals surface area (Å²) >= 11 is 0. The van der Waals surface area contributed by atoms with Gasteiger partial charge in [-0.25, -0.2) is 4.21 Å². The molecule has 0 aromatic rings. The van der Waals surface area contributed by atoms with Gasteiger partial charge in [-0.1, -0.05) is 6.42 Å².